The molecule has 0 fully saturated rings. The van der Waals surface area contributed by atoms with E-state index in [4.69, 9.17) is 0 Å². The van der Waals surface area contributed by atoms with Crippen molar-refractivity contribution in [2.24, 2.45) is 0 Å². The van der Waals surface area contributed by atoms with Crippen molar-refractivity contribution in [3.05, 3.63) is 76.5 Å². The van der Waals surface area contributed by atoms with Crippen molar-refractivity contribution in [3.8, 4) is 0 Å². The van der Waals surface area contributed by atoms with Crippen molar-refractivity contribution in [1.82, 2.24) is 4.98 Å². The molecule has 0 saturated heterocycles. The first-order valence-electron chi connectivity index (χ1n) is 6.36. The van der Waals surface area contributed by atoms with Crippen LogP contribution in [0.3, 0.4) is 0 Å². The molecule has 98 valence electrons. The summed E-state index contributed by atoms with van der Waals surface area (Å²) in [5, 5.41) is 1.95. The number of carbonyl (C=O) groups is 1. The van der Waals surface area contributed by atoms with Crippen LogP contribution in [0.25, 0.3) is 10.8 Å². The molecule has 2 aromatic carbocycles. The monoisotopic (exact) mass is 325 g/mol. The Kier molecular flexibility index (Phi) is 3.61. The predicted octanol–water partition coefficient (Wildman–Crippen LogP) is 4.42. The fraction of sp³-hybridized carbons (Fsp3) is 0.0588. The van der Waals surface area contributed by atoms with Crippen LogP contribution in [0.4, 0.5) is 0 Å². The molecule has 0 amide bonds. The first-order chi connectivity index (χ1) is 9.75. The largest absolute Gasteiger partial charge is 0.292 e. The van der Waals surface area contributed by atoms with Crippen molar-refractivity contribution in [2.45, 2.75) is 6.42 Å². The third-order valence-corrected chi connectivity index (χ3v) is 4.02. The van der Waals surface area contributed by atoms with Gasteiger partial charge in [0.1, 0.15) is 5.69 Å². The van der Waals surface area contributed by atoms with Gasteiger partial charge in [0.25, 0.3) is 0 Å². The van der Waals surface area contributed by atoms with Crippen LogP contribution >= 0.6 is 15.9 Å². The Morgan fingerprint density at radius 2 is 1.75 bits per heavy atom. The Morgan fingerprint density at radius 3 is 2.60 bits per heavy atom. The maximum absolute atomic E-state index is 12.5. The second kappa shape index (κ2) is 5.55. The second-order valence-electron chi connectivity index (χ2n) is 4.57. The van der Waals surface area contributed by atoms with Crippen LogP contribution in [0.1, 0.15) is 16.1 Å². The number of hydrogen-bond donors (Lipinski definition) is 0. The summed E-state index contributed by atoms with van der Waals surface area (Å²) in [6, 6.07) is 17.5. The zero-order valence-electron chi connectivity index (χ0n) is 10.7. The van der Waals surface area contributed by atoms with Gasteiger partial charge in [-0.3, -0.25) is 9.78 Å². The molecule has 3 heteroatoms. The van der Waals surface area contributed by atoms with Gasteiger partial charge in [-0.25, -0.2) is 0 Å². The van der Waals surface area contributed by atoms with Gasteiger partial charge in [0, 0.05) is 22.5 Å². The van der Waals surface area contributed by atoms with Gasteiger partial charge < -0.3 is 0 Å². The number of carbonyl (C=O) groups excluding carboxylic acids is 1. The molecular weight excluding hydrogens is 314 g/mol. The first kappa shape index (κ1) is 13.0. The normalized spacial score (nSPS) is 10.7. The molecule has 3 aromatic rings. The minimum absolute atomic E-state index is 0.0358. The van der Waals surface area contributed by atoms with Crippen LogP contribution < -0.4 is 0 Å². The zero-order chi connectivity index (χ0) is 13.9. The first-order valence-corrected chi connectivity index (χ1v) is 7.15. The lowest BCUT2D eigenvalue weighted by Gasteiger charge is -2.06. The molecule has 1 aromatic heterocycles. The molecule has 1 heterocycles. The minimum Gasteiger partial charge on any atom is -0.292 e. The summed E-state index contributed by atoms with van der Waals surface area (Å²) in [7, 11) is 0. The van der Waals surface area contributed by atoms with E-state index in [1.54, 1.807) is 6.20 Å². The van der Waals surface area contributed by atoms with Gasteiger partial charge in [-0.2, -0.15) is 0 Å². The Morgan fingerprint density at radius 1 is 1.00 bits per heavy atom. The summed E-state index contributed by atoms with van der Waals surface area (Å²) in [6.07, 6.45) is 2.04. The molecular formula is C17H12BrNO. The fourth-order valence-electron chi connectivity index (χ4n) is 2.24. The average molecular weight is 326 g/mol. The number of ketones is 1. The van der Waals surface area contributed by atoms with E-state index >= 15 is 0 Å². The van der Waals surface area contributed by atoms with Crippen molar-refractivity contribution in [2.75, 3.05) is 0 Å². The minimum atomic E-state index is 0.0358. The molecule has 0 aliphatic rings. The highest BCUT2D eigenvalue weighted by atomic mass is 79.9. The third kappa shape index (κ3) is 2.49. The number of pyridine rings is 1. The third-order valence-electron chi connectivity index (χ3n) is 3.25. The number of Topliss-reactive ketones (excluding diaryl/α,β-unsaturated/α-hetero) is 1. The van der Waals surface area contributed by atoms with E-state index in [9.17, 15) is 4.79 Å². The van der Waals surface area contributed by atoms with Gasteiger partial charge in [-0.15, -0.1) is 0 Å². The lowest BCUT2D eigenvalue weighted by atomic mass is 10.0. The van der Waals surface area contributed by atoms with Crippen molar-refractivity contribution in [1.29, 1.82) is 0 Å². The molecule has 0 saturated carbocycles. The van der Waals surface area contributed by atoms with E-state index in [2.05, 4.69) is 20.9 Å². The van der Waals surface area contributed by atoms with Gasteiger partial charge in [-0.05, 0) is 23.1 Å². The van der Waals surface area contributed by atoms with E-state index in [1.165, 1.54) is 0 Å². The SMILES string of the molecule is O=C(Cc1ccccc1Br)c1nccc2ccccc12. The molecule has 20 heavy (non-hydrogen) atoms. The highest BCUT2D eigenvalue weighted by Crippen LogP contribution is 2.21. The van der Waals surface area contributed by atoms with Crippen LogP contribution in [0.5, 0.6) is 0 Å². The van der Waals surface area contributed by atoms with Crippen LogP contribution in [-0.2, 0) is 6.42 Å². The molecule has 0 radical (unpaired) electrons. The second-order valence-corrected chi connectivity index (χ2v) is 5.43. The smallest absolute Gasteiger partial charge is 0.186 e. The standard InChI is InChI=1S/C17H12BrNO/c18-15-8-4-2-6-13(15)11-16(20)17-14-7-3-1-5-12(14)9-10-19-17/h1-10H,11H2. The molecule has 0 unspecified atom stereocenters. The lowest BCUT2D eigenvalue weighted by molar-refractivity contribution is 0.0990. The average Bonchev–Trinajstić information content (AvgIpc) is 2.49. The fourth-order valence-corrected chi connectivity index (χ4v) is 2.67. The van der Waals surface area contributed by atoms with Gasteiger partial charge in [-0.1, -0.05) is 58.4 Å². The molecule has 0 aliphatic heterocycles. The van der Waals surface area contributed by atoms with Gasteiger partial charge in [0.2, 0.25) is 0 Å². The molecule has 0 N–H and O–H groups in total. The summed E-state index contributed by atoms with van der Waals surface area (Å²) < 4.78 is 0.952. The predicted molar refractivity (Wildman–Crippen MR) is 83.9 cm³/mol. The highest BCUT2D eigenvalue weighted by molar-refractivity contribution is 9.10. The summed E-state index contributed by atoms with van der Waals surface area (Å²) >= 11 is 3.47. The summed E-state index contributed by atoms with van der Waals surface area (Å²) in [5.41, 5.74) is 1.52. The van der Waals surface area contributed by atoms with E-state index in [0.717, 1.165) is 20.8 Å². The molecule has 3 rings (SSSR count). The Balaban J connectivity index is 1.99. The molecule has 0 spiro atoms. The number of aromatic nitrogens is 1. The lowest BCUT2D eigenvalue weighted by Crippen LogP contribution is -2.07. The topological polar surface area (TPSA) is 30.0 Å². The summed E-state index contributed by atoms with van der Waals surface area (Å²) in [6.45, 7) is 0. The van der Waals surface area contributed by atoms with Crippen molar-refractivity contribution >= 4 is 32.5 Å². The van der Waals surface area contributed by atoms with Crippen molar-refractivity contribution < 1.29 is 4.79 Å². The van der Waals surface area contributed by atoms with Crippen LogP contribution in [0, 0.1) is 0 Å². The van der Waals surface area contributed by atoms with Crippen molar-refractivity contribution in [3.63, 3.8) is 0 Å². The molecule has 0 bridgehead atoms. The maximum Gasteiger partial charge on any atom is 0.186 e. The quantitative estimate of drug-likeness (QED) is 0.667. The number of hydrogen-bond acceptors (Lipinski definition) is 2. The van der Waals surface area contributed by atoms with Gasteiger partial charge in [0.05, 0.1) is 0 Å². The zero-order valence-corrected chi connectivity index (χ0v) is 12.3. The van der Waals surface area contributed by atoms with E-state index in [0.29, 0.717) is 12.1 Å². The number of halogens is 1. The number of nitrogens with zero attached hydrogens (tertiary/aromatic N) is 1. The van der Waals surface area contributed by atoms with Gasteiger partial charge >= 0.3 is 0 Å². The van der Waals surface area contributed by atoms with E-state index < -0.39 is 0 Å². The number of fused-ring (bicyclic) bond motifs is 1. The van der Waals surface area contributed by atoms with Gasteiger partial charge in [0.15, 0.2) is 5.78 Å². The Labute approximate surface area is 125 Å². The van der Waals surface area contributed by atoms with Crippen LogP contribution in [0.2, 0.25) is 0 Å². The molecule has 0 atom stereocenters. The Bertz CT molecular complexity index is 777. The molecule has 0 aliphatic carbocycles. The highest BCUT2D eigenvalue weighted by Gasteiger charge is 2.13. The van der Waals surface area contributed by atoms with Crippen LogP contribution in [0.15, 0.2) is 65.3 Å². The number of benzene rings is 2. The summed E-state index contributed by atoms with van der Waals surface area (Å²) in [5.74, 6) is 0.0358. The molecule has 2 nitrogen and oxygen atoms in total. The summed E-state index contributed by atoms with van der Waals surface area (Å²) in [4.78, 5) is 16.8. The van der Waals surface area contributed by atoms with E-state index in [1.807, 2.05) is 54.6 Å². The maximum atomic E-state index is 12.5. The van der Waals surface area contributed by atoms with Crippen LogP contribution in [-0.4, -0.2) is 10.8 Å². The van der Waals surface area contributed by atoms with E-state index in [-0.39, 0.29) is 5.78 Å². The Hall–Kier alpha value is -2.00. The number of rotatable bonds is 3.